The standard InChI is InChI=1S/C10H19NO5S/c1-3-4-5-8(10(13)14)11-9(12)6-7-17(2,15)16/h8H,3-7H2,1-2H3,(H,11,12)(H,13,14)/t8-/m0/s1. The molecule has 0 aliphatic carbocycles. The molecular weight excluding hydrogens is 246 g/mol. The maximum Gasteiger partial charge on any atom is 0.326 e. The number of rotatable bonds is 8. The first kappa shape index (κ1) is 15.9. The van der Waals surface area contributed by atoms with Gasteiger partial charge in [0, 0.05) is 12.7 Å². The molecule has 0 radical (unpaired) electrons. The number of unbranched alkanes of at least 4 members (excludes halogenated alkanes) is 1. The molecule has 0 bridgehead atoms. The third kappa shape index (κ3) is 8.67. The lowest BCUT2D eigenvalue weighted by Gasteiger charge is -2.13. The quantitative estimate of drug-likeness (QED) is 0.652. The van der Waals surface area contributed by atoms with Crippen molar-refractivity contribution in [1.29, 1.82) is 0 Å². The lowest BCUT2D eigenvalue weighted by molar-refractivity contribution is -0.142. The Labute approximate surface area is 101 Å². The Balaban J connectivity index is 4.17. The van der Waals surface area contributed by atoms with E-state index in [1.807, 2.05) is 6.92 Å². The Bertz CT molecular complexity index is 363. The Morgan fingerprint density at radius 2 is 1.94 bits per heavy atom. The van der Waals surface area contributed by atoms with Crippen molar-refractivity contribution in [3.05, 3.63) is 0 Å². The molecule has 0 spiro atoms. The highest BCUT2D eigenvalue weighted by atomic mass is 32.2. The first-order chi connectivity index (χ1) is 7.76. The van der Waals surface area contributed by atoms with Crippen LogP contribution in [-0.4, -0.2) is 43.5 Å². The zero-order valence-electron chi connectivity index (χ0n) is 10.1. The highest BCUT2D eigenvalue weighted by Crippen LogP contribution is 2.01. The number of sulfone groups is 1. The van der Waals surface area contributed by atoms with Gasteiger partial charge in [0.2, 0.25) is 5.91 Å². The minimum Gasteiger partial charge on any atom is -0.480 e. The molecule has 0 saturated heterocycles. The molecule has 17 heavy (non-hydrogen) atoms. The van der Waals surface area contributed by atoms with Crippen LogP contribution in [0.3, 0.4) is 0 Å². The van der Waals surface area contributed by atoms with Gasteiger partial charge in [0.15, 0.2) is 0 Å². The molecule has 1 amide bonds. The Hall–Kier alpha value is -1.11. The number of carboxylic acid groups (broad SMARTS) is 1. The van der Waals surface area contributed by atoms with E-state index >= 15 is 0 Å². The number of carboxylic acids is 1. The number of hydrogen-bond acceptors (Lipinski definition) is 4. The monoisotopic (exact) mass is 265 g/mol. The molecule has 7 heteroatoms. The molecule has 0 unspecified atom stereocenters. The Kier molecular flexibility index (Phi) is 6.79. The second-order valence-electron chi connectivity index (χ2n) is 3.98. The van der Waals surface area contributed by atoms with E-state index in [9.17, 15) is 18.0 Å². The summed E-state index contributed by atoms with van der Waals surface area (Å²) in [5.74, 6) is -1.90. The van der Waals surface area contributed by atoms with E-state index in [1.54, 1.807) is 0 Å². The van der Waals surface area contributed by atoms with E-state index < -0.39 is 27.8 Å². The molecular formula is C10H19NO5S. The first-order valence-electron chi connectivity index (χ1n) is 5.46. The predicted molar refractivity (Wildman–Crippen MR) is 63.4 cm³/mol. The van der Waals surface area contributed by atoms with Gasteiger partial charge in [-0.3, -0.25) is 4.79 Å². The van der Waals surface area contributed by atoms with Crippen molar-refractivity contribution in [2.45, 2.75) is 38.6 Å². The summed E-state index contributed by atoms with van der Waals surface area (Å²) in [5.41, 5.74) is 0. The minimum atomic E-state index is -3.20. The number of aliphatic carboxylic acids is 1. The topological polar surface area (TPSA) is 101 Å². The van der Waals surface area contributed by atoms with Crippen molar-refractivity contribution in [1.82, 2.24) is 5.32 Å². The Morgan fingerprint density at radius 1 is 1.35 bits per heavy atom. The molecule has 0 aliphatic rings. The molecule has 0 aliphatic heterocycles. The van der Waals surface area contributed by atoms with E-state index in [0.29, 0.717) is 12.8 Å². The fourth-order valence-electron chi connectivity index (χ4n) is 1.21. The van der Waals surface area contributed by atoms with Crippen LogP contribution in [0, 0.1) is 0 Å². The summed E-state index contributed by atoms with van der Waals surface area (Å²) in [7, 11) is -3.20. The Morgan fingerprint density at radius 3 is 2.35 bits per heavy atom. The smallest absolute Gasteiger partial charge is 0.326 e. The van der Waals surface area contributed by atoms with Crippen molar-refractivity contribution in [3.63, 3.8) is 0 Å². The summed E-state index contributed by atoms with van der Waals surface area (Å²) in [6, 6.07) is -0.929. The maximum atomic E-state index is 11.3. The van der Waals surface area contributed by atoms with Gasteiger partial charge >= 0.3 is 5.97 Å². The lowest BCUT2D eigenvalue weighted by atomic mass is 10.1. The molecule has 0 fully saturated rings. The SMILES string of the molecule is CCCC[C@H](NC(=O)CCS(C)(=O)=O)C(=O)O. The fourth-order valence-corrected chi connectivity index (χ4v) is 1.77. The molecule has 1 atom stereocenters. The van der Waals surface area contributed by atoms with Gasteiger partial charge in [-0.25, -0.2) is 13.2 Å². The normalized spacial score (nSPS) is 13.1. The van der Waals surface area contributed by atoms with E-state index in [2.05, 4.69) is 5.32 Å². The largest absolute Gasteiger partial charge is 0.480 e. The highest BCUT2D eigenvalue weighted by Gasteiger charge is 2.19. The minimum absolute atomic E-state index is 0.200. The van der Waals surface area contributed by atoms with Crippen molar-refractivity contribution < 1.29 is 23.1 Å². The van der Waals surface area contributed by atoms with E-state index in [-0.39, 0.29) is 12.2 Å². The molecule has 2 N–H and O–H groups in total. The lowest BCUT2D eigenvalue weighted by Crippen LogP contribution is -2.41. The van der Waals surface area contributed by atoms with Gasteiger partial charge in [-0.1, -0.05) is 19.8 Å². The number of carbonyl (C=O) groups excluding carboxylic acids is 1. The third-order valence-corrected chi connectivity index (χ3v) is 3.13. The zero-order valence-corrected chi connectivity index (χ0v) is 10.9. The molecule has 0 aromatic rings. The van der Waals surface area contributed by atoms with Crippen molar-refractivity contribution in [2.75, 3.05) is 12.0 Å². The van der Waals surface area contributed by atoms with Crippen LogP contribution in [0.15, 0.2) is 0 Å². The molecule has 0 aromatic heterocycles. The van der Waals surface area contributed by atoms with Gasteiger partial charge in [-0.2, -0.15) is 0 Å². The summed E-state index contributed by atoms with van der Waals surface area (Å²) in [5, 5.41) is 11.2. The van der Waals surface area contributed by atoms with Crippen molar-refractivity contribution in [2.24, 2.45) is 0 Å². The van der Waals surface area contributed by atoms with E-state index in [0.717, 1.165) is 12.7 Å². The van der Waals surface area contributed by atoms with Crippen LogP contribution >= 0.6 is 0 Å². The second kappa shape index (κ2) is 7.26. The summed E-state index contributed by atoms with van der Waals surface area (Å²) in [6.45, 7) is 1.92. The molecule has 0 rings (SSSR count). The average molecular weight is 265 g/mol. The summed E-state index contributed by atoms with van der Waals surface area (Å²) in [4.78, 5) is 22.1. The molecule has 6 nitrogen and oxygen atoms in total. The summed E-state index contributed by atoms with van der Waals surface area (Å²) < 4.78 is 21.7. The van der Waals surface area contributed by atoms with Crippen molar-refractivity contribution in [3.8, 4) is 0 Å². The van der Waals surface area contributed by atoms with Crippen LogP contribution in [-0.2, 0) is 19.4 Å². The maximum absolute atomic E-state index is 11.3. The van der Waals surface area contributed by atoms with Gasteiger partial charge in [0.05, 0.1) is 5.75 Å². The molecule has 0 aromatic carbocycles. The predicted octanol–water partition coefficient (Wildman–Crippen LogP) is 0.181. The number of nitrogens with one attached hydrogen (secondary N) is 1. The summed E-state index contributed by atoms with van der Waals surface area (Å²) >= 11 is 0. The van der Waals surface area contributed by atoms with Gasteiger partial charge in [0.1, 0.15) is 15.9 Å². The number of carbonyl (C=O) groups is 2. The molecule has 0 heterocycles. The first-order valence-corrected chi connectivity index (χ1v) is 7.52. The van der Waals surface area contributed by atoms with Crippen LogP contribution in [0.5, 0.6) is 0 Å². The fraction of sp³-hybridized carbons (Fsp3) is 0.800. The molecule has 100 valence electrons. The average Bonchev–Trinajstić information content (AvgIpc) is 2.19. The van der Waals surface area contributed by atoms with E-state index in [4.69, 9.17) is 5.11 Å². The zero-order chi connectivity index (χ0) is 13.5. The van der Waals surface area contributed by atoms with Crippen LogP contribution < -0.4 is 5.32 Å². The third-order valence-electron chi connectivity index (χ3n) is 2.18. The second-order valence-corrected chi connectivity index (χ2v) is 6.24. The van der Waals surface area contributed by atoms with Gasteiger partial charge in [-0.15, -0.1) is 0 Å². The van der Waals surface area contributed by atoms with Crippen molar-refractivity contribution >= 4 is 21.7 Å². The molecule has 0 saturated carbocycles. The number of amides is 1. The highest BCUT2D eigenvalue weighted by molar-refractivity contribution is 7.90. The van der Waals surface area contributed by atoms with Gasteiger partial charge in [-0.05, 0) is 6.42 Å². The van der Waals surface area contributed by atoms with Crippen LogP contribution in [0.1, 0.15) is 32.6 Å². The van der Waals surface area contributed by atoms with Gasteiger partial charge < -0.3 is 10.4 Å². The van der Waals surface area contributed by atoms with Crippen LogP contribution in [0.2, 0.25) is 0 Å². The summed E-state index contributed by atoms with van der Waals surface area (Å²) in [6.07, 6.45) is 2.73. The van der Waals surface area contributed by atoms with Crippen LogP contribution in [0.4, 0.5) is 0 Å². The number of hydrogen-bond donors (Lipinski definition) is 2. The van der Waals surface area contributed by atoms with Crippen LogP contribution in [0.25, 0.3) is 0 Å². The van der Waals surface area contributed by atoms with Gasteiger partial charge in [0.25, 0.3) is 0 Å². The van der Waals surface area contributed by atoms with E-state index in [1.165, 1.54) is 0 Å².